The third kappa shape index (κ3) is 7.45. The summed E-state index contributed by atoms with van der Waals surface area (Å²) in [6.45, 7) is 12.1. The molecule has 0 unspecified atom stereocenters. The zero-order chi connectivity index (χ0) is 19.1. The lowest BCUT2D eigenvalue weighted by Crippen LogP contribution is -2.54. The summed E-state index contributed by atoms with van der Waals surface area (Å²) in [5.74, 6) is -0.103. The van der Waals surface area contributed by atoms with Crippen molar-refractivity contribution < 1.29 is 22.5 Å². The van der Waals surface area contributed by atoms with Gasteiger partial charge < -0.3 is 4.74 Å². The molecule has 0 aromatic rings. The highest BCUT2D eigenvalue weighted by atomic mass is 32.2. The van der Waals surface area contributed by atoms with Gasteiger partial charge >= 0.3 is 0 Å². The van der Waals surface area contributed by atoms with Crippen LogP contribution in [0.1, 0.15) is 20.8 Å². The minimum absolute atomic E-state index is 0.0175. The Labute approximate surface area is 154 Å². The van der Waals surface area contributed by atoms with E-state index in [1.807, 2.05) is 13.8 Å². The summed E-state index contributed by atoms with van der Waals surface area (Å²) >= 11 is 1.22. The second kappa shape index (κ2) is 9.68. The first-order valence-corrected chi connectivity index (χ1v) is 10.7. The van der Waals surface area contributed by atoms with Gasteiger partial charge in [-0.2, -0.15) is 8.42 Å². The maximum atomic E-state index is 12.9. The number of nitrogens with zero attached hydrogens (tertiary/aromatic N) is 1. The van der Waals surface area contributed by atoms with Crippen molar-refractivity contribution in [3.8, 4) is 0 Å². The van der Waals surface area contributed by atoms with Crippen molar-refractivity contribution in [1.82, 2.24) is 4.90 Å². The second-order valence-electron chi connectivity index (χ2n) is 6.17. The van der Waals surface area contributed by atoms with Crippen molar-refractivity contribution in [3.05, 3.63) is 35.3 Å². The Morgan fingerprint density at radius 2 is 1.92 bits per heavy atom. The van der Waals surface area contributed by atoms with Crippen molar-refractivity contribution in [2.24, 2.45) is 0 Å². The molecule has 1 aliphatic heterocycles. The Kier molecular flexibility index (Phi) is 8.56. The highest BCUT2D eigenvalue weighted by molar-refractivity contribution is 8.03. The fraction of sp³-hybridized carbons (Fsp3) is 0.588. The zero-order valence-electron chi connectivity index (χ0n) is 15.0. The number of carbonyl (C=O) groups is 1. The van der Waals surface area contributed by atoms with Gasteiger partial charge in [0.25, 0.3) is 10.1 Å². The van der Waals surface area contributed by atoms with Gasteiger partial charge in [0.05, 0.1) is 24.5 Å². The lowest BCUT2D eigenvalue weighted by atomic mass is 9.90. The molecule has 0 radical (unpaired) electrons. The molecule has 1 aliphatic rings. The first-order valence-electron chi connectivity index (χ1n) is 8.07. The molecule has 6 nitrogen and oxygen atoms in total. The molecule has 0 atom stereocenters. The molecule has 1 saturated heterocycles. The molecule has 0 aromatic carbocycles. The summed E-state index contributed by atoms with van der Waals surface area (Å²) in [6.07, 6.45) is 5.15. The average Bonchev–Trinajstić information content (AvgIpc) is 2.54. The molecular weight excluding hydrogens is 362 g/mol. The number of ether oxygens (including phenoxy) is 1. The molecule has 0 saturated carbocycles. The molecule has 1 rings (SSSR count). The van der Waals surface area contributed by atoms with Crippen LogP contribution in [0.3, 0.4) is 0 Å². The minimum Gasteiger partial charge on any atom is -0.379 e. The number of morpholine rings is 1. The van der Waals surface area contributed by atoms with E-state index in [-0.39, 0.29) is 17.3 Å². The first kappa shape index (κ1) is 22.1. The Hall–Kier alpha value is -0.930. The number of allylic oxidation sites excluding steroid dienone is 3. The predicted molar refractivity (Wildman–Crippen MR) is 102 cm³/mol. The molecule has 1 heterocycles. The first-order chi connectivity index (χ1) is 11.6. The Morgan fingerprint density at radius 3 is 2.44 bits per heavy atom. The Bertz CT molecular complexity index is 644. The second-order valence-corrected chi connectivity index (χ2v) is 8.96. The summed E-state index contributed by atoms with van der Waals surface area (Å²) < 4.78 is 35.5. The van der Waals surface area contributed by atoms with Crippen molar-refractivity contribution in [2.45, 2.75) is 26.3 Å². The van der Waals surface area contributed by atoms with Crippen molar-refractivity contribution in [2.75, 3.05) is 37.8 Å². The standard InChI is InChI=1S/C17H27NO5S2/c1-5-15(7-6-14(2)24-12-13-25(20,21)22)16(19)17(3,4)18-8-10-23-11-9-18/h5-7H,2,8-13H2,1,3-4H3,(H,20,21,22)/b7-6-,15-5+. The van der Waals surface area contributed by atoms with Gasteiger partial charge in [0.1, 0.15) is 0 Å². The van der Waals surface area contributed by atoms with Crippen molar-refractivity contribution >= 4 is 27.7 Å². The van der Waals surface area contributed by atoms with E-state index in [4.69, 9.17) is 9.29 Å². The largest absolute Gasteiger partial charge is 0.379 e. The van der Waals surface area contributed by atoms with Crippen molar-refractivity contribution in [1.29, 1.82) is 0 Å². The van der Waals surface area contributed by atoms with E-state index in [0.717, 1.165) is 13.1 Å². The van der Waals surface area contributed by atoms with Gasteiger partial charge in [-0.05, 0) is 26.8 Å². The molecule has 0 amide bonds. The summed E-state index contributed by atoms with van der Waals surface area (Å²) in [5, 5.41) is 0. The molecule has 142 valence electrons. The lowest BCUT2D eigenvalue weighted by molar-refractivity contribution is -0.128. The maximum absolute atomic E-state index is 12.9. The fourth-order valence-electron chi connectivity index (χ4n) is 2.43. The SMILES string of the molecule is C=C(/C=C\C(=C/C)C(=O)C(C)(C)N1CCOCC1)SCCS(=O)(=O)O. The number of carbonyl (C=O) groups excluding carboxylic acids is 1. The monoisotopic (exact) mass is 389 g/mol. The highest BCUT2D eigenvalue weighted by Gasteiger charge is 2.36. The summed E-state index contributed by atoms with van der Waals surface area (Å²) in [4.78, 5) is 15.6. The molecule has 8 heteroatoms. The van der Waals surface area contributed by atoms with E-state index in [0.29, 0.717) is 23.7 Å². The van der Waals surface area contributed by atoms with Crippen LogP contribution in [-0.4, -0.2) is 67.0 Å². The molecule has 0 aromatic heterocycles. The normalized spacial score (nSPS) is 17.8. The molecule has 0 bridgehead atoms. The third-order valence-electron chi connectivity index (χ3n) is 4.01. The van der Waals surface area contributed by atoms with Gasteiger partial charge in [0.2, 0.25) is 0 Å². The highest BCUT2D eigenvalue weighted by Crippen LogP contribution is 2.23. The molecule has 1 N–H and O–H groups in total. The van der Waals surface area contributed by atoms with Gasteiger partial charge in [-0.1, -0.05) is 18.7 Å². The average molecular weight is 390 g/mol. The quantitative estimate of drug-likeness (QED) is 0.368. The molecule has 0 spiro atoms. The van der Waals surface area contributed by atoms with Gasteiger partial charge in [-0.15, -0.1) is 11.8 Å². The number of Topliss-reactive ketones (excluding diaryl/α,β-unsaturated/α-hetero) is 1. The predicted octanol–water partition coefficient (Wildman–Crippen LogP) is 2.30. The minimum atomic E-state index is -3.97. The molecule has 1 fully saturated rings. The Morgan fingerprint density at radius 1 is 1.32 bits per heavy atom. The zero-order valence-corrected chi connectivity index (χ0v) is 16.7. The van der Waals surface area contributed by atoms with E-state index in [1.54, 1.807) is 25.2 Å². The number of ketones is 1. The summed E-state index contributed by atoms with van der Waals surface area (Å²) in [5.41, 5.74) is -0.0527. The molecule has 25 heavy (non-hydrogen) atoms. The summed E-state index contributed by atoms with van der Waals surface area (Å²) in [7, 11) is -3.97. The summed E-state index contributed by atoms with van der Waals surface area (Å²) in [6, 6.07) is 0. The van der Waals surface area contributed by atoms with E-state index in [2.05, 4.69) is 11.5 Å². The third-order valence-corrected chi connectivity index (χ3v) is 5.90. The Balaban J connectivity index is 2.68. The van der Waals surface area contributed by atoms with Crippen molar-refractivity contribution in [3.63, 3.8) is 0 Å². The van der Waals surface area contributed by atoms with Crippen LogP contribution in [0.25, 0.3) is 0 Å². The van der Waals surface area contributed by atoms with E-state index >= 15 is 0 Å². The van der Waals surface area contributed by atoms with Crippen LogP contribution in [0.4, 0.5) is 0 Å². The van der Waals surface area contributed by atoms with Crippen LogP contribution >= 0.6 is 11.8 Å². The fourth-order valence-corrected chi connectivity index (χ4v) is 4.03. The number of thioether (sulfide) groups is 1. The van der Waals surface area contributed by atoms with Gasteiger partial charge in [-0.25, -0.2) is 0 Å². The van der Waals surface area contributed by atoms with Crippen LogP contribution in [0.5, 0.6) is 0 Å². The lowest BCUT2D eigenvalue weighted by Gasteiger charge is -2.39. The molecule has 0 aliphatic carbocycles. The molecular formula is C17H27NO5S2. The van der Waals surface area contributed by atoms with Crippen LogP contribution in [0, 0.1) is 0 Å². The van der Waals surface area contributed by atoms with Gasteiger partial charge in [-0.3, -0.25) is 14.2 Å². The number of hydrogen-bond donors (Lipinski definition) is 1. The van der Waals surface area contributed by atoms with Crippen LogP contribution in [-0.2, 0) is 19.6 Å². The van der Waals surface area contributed by atoms with E-state index < -0.39 is 15.7 Å². The van der Waals surface area contributed by atoms with E-state index in [1.165, 1.54) is 11.8 Å². The van der Waals surface area contributed by atoms with Gasteiger partial charge in [0, 0.05) is 29.3 Å². The number of rotatable bonds is 9. The maximum Gasteiger partial charge on any atom is 0.265 e. The van der Waals surface area contributed by atoms with Gasteiger partial charge in [0.15, 0.2) is 5.78 Å². The van der Waals surface area contributed by atoms with Crippen LogP contribution in [0.2, 0.25) is 0 Å². The van der Waals surface area contributed by atoms with Crippen LogP contribution < -0.4 is 0 Å². The van der Waals surface area contributed by atoms with E-state index in [9.17, 15) is 13.2 Å². The van der Waals surface area contributed by atoms with Crippen LogP contribution in [0.15, 0.2) is 35.3 Å². The number of hydrogen-bond acceptors (Lipinski definition) is 6. The smallest absolute Gasteiger partial charge is 0.265 e. The topological polar surface area (TPSA) is 83.9 Å².